The normalized spacial score (nSPS) is 11.2. The van der Waals surface area contributed by atoms with Crippen molar-refractivity contribution in [1.29, 1.82) is 0 Å². The van der Waals surface area contributed by atoms with Crippen molar-refractivity contribution in [3.63, 3.8) is 0 Å². The molecule has 10 heteroatoms. The predicted molar refractivity (Wildman–Crippen MR) is 92.4 cm³/mol. The van der Waals surface area contributed by atoms with Crippen molar-refractivity contribution in [3.05, 3.63) is 54.9 Å². The number of benzene rings is 2. The number of hydrogen-bond acceptors (Lipinski definition) is 5. The molecule has 146 valence electrons. The van der Waals surface area contributed by atoms with Crippen LogP contribution < -0.4 is 10.1 Å². The average Bonchev–Trinajstić information content (AvgIpc) is 3.03. The van der Waals surface area contributed by atoms with E-state index in [2.05, 4.69) is 15.0 Å². The van der Waals surface area contributed by atoms with E-state index in [1.54, 1.807) is 16.7 Å². The summed E-state index contributed by atoms with van der Waals surface area (Å²) < 4.78 is 46.5. The van der Waals surface area contributed by atoms with Gasteiger partial charge in [-0.15, -0.1) is 13.2 Å². The molecule has 0 aliphatic rings. The zero-order valence-electron chi connectivity index (χ0n) is 14.3. The van der Waals surface area contributed by atoms with Crippen molar-refractivity contribution >= 4 is 28.6 Å². The lowest BCUT2D eigenvalue weighted by Crippen LogP contribution is -2.22. The number of halogens is 3. The first-order valence-corrected chi connectivity index (χ1v) is 8.01. The monoisotopic (exact) mass is 393 g/mol. The Kier molecular flexibility index (Phi) is 5.48. The third-order valence-corrected chi connectivity index (χ3v) is 3.56. The molecule has 0 unspecified atom stereocenters. The number of carbonyl (C=O) groups is 2. The van der Waals surface area contributed by atoms with Gasteiger partial charge in [-0.2, -0.15) is 0 Å². The van der Waals surface area contributed by atoms with E-state index >= 15 is 0 Å². The highest BCUT2D eigenvalue weighted by molar-refractivity contribution is 5.92. The molecule has 0 saturated heterocycles. The topological polar surface area (TPSA) is 82.5 Å². The minimum Gasteiger partial charge on any atom is -0.454 e. The van der Waals surface area contributed by atoms with E-state index in [0.29, 0.717) is 0 Å². The van der Waals surface area contributed by atoms with Crippen molar-refractivity contribution in [2.24, 2.45) is 0 Å². The molecule has 0 aliphatic carbocycles. The SMILES string of the molecule is O=C(COC(=O)Cn1cnc2ccccc21)Nc1ccc(OC(F)(F)F)cc1. The van der Waals surface area contributed by atoms with Gasteiger partial charge < -0.3 is 19.4 Å². The van der Waals surface area contributed by atoms with Crippen LogP contribution in [-0.4, -0.2) is 34.4 Å². The lowest BCUT2D eigenvalue weighted by Gasteiger charge is -2.10. The molecule has 3 aromatic rings. The summed E-state index contributed by atoms with van der Waals surface area (Å²) in [6, 6.07) is 11.8. The molecule has 0 saturated carbocycles. The number of carbonyl (C=O) groups excluding carboxylic acids is 2. The zero-order valence-corrected chi connectivity index (χ0v) is 14.3. The van der Waals surface area contributed by atoms with Crippen LogP contribution in [0, 0.1) is 0 Å². The Bertz CT molecular complexity index is 984. The highest BCUT2D eigenvalue weighted by atomic mass is 19.4. The lowest BCUT2D eigenvalue weighted by molar-refractivity contribution is -0.274. The molecule has 0 aliphatic heterocycles. The molecule has 0 bridgehead atoms. The molecule has 1 heterocycles. The maximum Gasteiger partial charge on any atom is 0.573 e. The molecular weight excluding hydrogens is 379 g/mol. The summed E-state index contributed by atoms with van der Waals surface area (Å²) in [5, 5.41) is 2.40. The Morgan fingerprint density at radius 1 is 1.07 bits per heavy atom. The average molecular weight is 393 g/mol. The first-order chi connectivity index (χ1) is 13.3. The number of esters is 1. The third-order valence-electron chi connectivity index (χ3n) is 3.56. The number of alkyl halides is 3. The van der Waals surface area contributed by atoms with Crippen molar-refractivity contribution in [2.45, 2.75) is 12.9 Å². The van der Waals surface area contributed by atoms with E-state index in [0.717, 1.165) is 23.2 Å². The fourth-order valence-corrected chi connectivity index (χ4v) is 2.40. The molecule has 1 amide bonds. The number of ether oxygens (including phenoxy) is 2. The van der Waals surface area contributed by atoms with Crippen LogP contribution in [0.4, 0.5) is 18.9 Å². The van der Waals surface area contributed by atoms with Crippen LogP contribution in [0.5, 0.6) is 5.75 Å². The van der Waals surface area contributed by atoms with Gasteiger partial charge in [0.15, 0.2) is 6.61 Å². The summed E-state index contributed by atoms with van der Waals surface area (Å²) in [5.41, 5.74) is 1.72. The van der Waals surface area contributed by atoms with Crippen LogP contribution in [0.15, 0.2) is 54.9 Å². The number of para-hydroxylation sites is 2. The van der Waals surface area contributed by atoms with Gasteiger partial charge in [0.2, 0.25) is 0 Å². The number of fused-ring (bicyclic) bond motifs is 1. The Labute approximate surface area is 156 Å². The van der Waals surface area contributed by atoms with Crippen molar-refractivity contribution < 1.29 is 32.2 Å². The van der Waals surface area contributed by atoms with E-state index in [1.807, 2.05) is 12.1 Å². The molecule has 3 rings (SSSR count). The Hall–Kier alpha value is -3.56. The second-order valence-corrected chi connectivity index (χ2v) is 5.64. The van der Waals surface area contributed by atoms with Crippen LogP contribution in [0.3, 0.4) is 0 Å². The van der Waals surface area contributed by atoms with Gasteiger partial charge in [-0.3, -0.25) is 9.59 Å². The van der Waals surface area contributed by atoms with Crippen LogP contribution in [-0.2, 0) is 20.9 Å². The van der Waals surface area contributed by atoms with Gasteiger partial charge in [-0.05, 0) is 36.4 Å². The number of nitrogens with zero attached hydrogens (tertiary/aromatic N) is 2. The number of rotatable bonds is 6. The summed E-state index contributed by atoms with van der Waals surface area (Å²) in [5.74, 6) is -1.68. The molecule has 28 heavy (non-hydrogen) atoms. The smallest absolute Gasteiger partial charge is 0.454 e. The second kappa shape index (κ2) is 7.99. The zero-order chi connectivity index (χ0) is 20.1. The highest BCUT2D eigenvalue weighted by Gasteiger charge is 2.30. The summed E-state index contributed by atoms with van der Waals surface area (Å²) in [6.45, 7) is -0.649. The van der Waals surface area contributed by atoms with E-state index in [9.17, 15) is 22.8 Å². The van der Waals surface area contributed by atoms with Crippen LogP contribution in [0.2, 0.25) is 0 Å². The Morgan fingerprint density at radius 3 is 2.50 bits per heavy atom. The predicted octanol–water partition coefficient (Wildman–Crippen LogP) is 3.12. The largest absolute Gasteiger partial charge is 0.573 e. The fraction of sp³-hybridized carbons (Fsp3) is 0.167. The number of amides is 1. The van der Waals surface area contributed by atoms with Gasteiger partial charge in [0.1, 0.15) is 12.3 Å². The summed E-state index contributed by atoms with van der Waals surface area (Å²) >= 11 is 0. The summed E-state index contributed by atoms with van der Waals surface area (Å²) in [6.07, 6.45) is -3.30. The first-order valence-electron chi connectivity index (χ1n) is 8.01. The van der Waals surface area contributed by atoms with E-state index in [-0.39, 0.29) is 12.2 Å². The fourth-order valence-electron chi connectivity index (χ4n) is 2.40. The van der Waals surface area contributed by atoms with E-state index in [4.69, 9.17) is 4.74 Å². The first kappa shape index (κ1) is 19.2. The van der Waals surface area contributed by atoms with Gasteiger partial charge in [-0.1, -0.05) is 12.1 Å². The molecule has 0 spiro atoms. The quantitative estimate of drug-likeness (QED) is 0.651. The van der Waals surface area contributed by atoms with Crippen molar-refractivity contribution in [3.8, 4) is 5.75 Å². The lowest BCUT2D eigenvalue weighted by atomic mass is 10.3. The molecule has 1 N–H and O–H groups in total. The molecule has 1 aromatic heterocycles. The molecule has 0 radical (unpaired) electrons. The van der Waals surface area contributed by atoms with Gasteiger partial charge in [0.25, 0.3) is 5.91 Å². The molecular formula is C18H14F3N3O4. The number of anilines is 1. The molecule has 7 nitrogen and oxygen atoms in total. The van der Waals surface area contributed by atoms with Gasteiger partial charge >= 0.3 is 12.3 Å². The standard InChI is InChI=1S/C18H14F3N3O4/c19-18(20,21)28-13-7-5-12(6-8-13)23-16(25)10-27-17(26)9-24-11-22-14-3-1-2-4-15(14)24/h1-8,11H,9-10H2,(H,23,25). The summed E-state index contributed by atoms with van der Waals surface area (Å²) in [7, 11) is 0. The van der Waals surface area contributed by atoms with E-state index < -0.39 is 30.6 Å². The molecule has 0 fully saturated rings. The van der Waals surface area contributed by atoms with Crippen LogP contribution >= 0.6 is 0 Å². The van der Waals surface area contributed by atoms with Gasteiger partial charge in [0.05, 0.1) is 17.4 Å². The van der Waals surface area contributed by atoms with Crippen molar-refractivity contribution in [2.75, 3.05) is 11.9 Å². The van der Waals surface area contributed by atoms with E-state index in [1.165, 1.54) is 18.5 Å². The number of aromatic nitrogens is 2. The van der Waals surface area contributed by atoms with Crippen LogP contribution in [0.1, 0.15) is 0 Å². The number of hydrogen-bond donors (Lipinski definition) is 1. The second-order valence-electron chi connectivity index (χ2n) is 5.64. The Morgan fingerprint density at radius 2 is 1.79 bits per heavy atom. The molecule has 2 aromatic carbocycles. The minimum atomic E-state index is -4.79. The van der Waals surface area contributed by atoms with Gasteiger partial charge in [-0.25, -0.2) is 4.98 Å². The van der Waals surface area contributed by atoms with Gasteiger partial charge in [0, 0.05) is 5.69 Å². The maximum absolute atomic E-state index is 12.1. The minimum absolute atomic E-state index is 0.114. The Balaban J connectivity index is 1.48. The number of imidazole rings is 1. The van der Waals surface area contributed by atoms with Crippen LogP contribution in [0.25, 0.3) is 11.0 Å². The number of nitrogens with one attached hydrogen (secondary N) is 1. The highest BCUT2D eigenvalue weighted by Crippen LogP contribution is 2.23. The molecule has 0 atom stereocenters. The third kappa shape index (κ3) is 5.22. The van der Waals surface area contributed by atoms with Crippen molar-refractivity contribution in [1.82, 2.24) is 9.55 Å². The summed E-state index contributed by atoms with van der Waals surface area (Å²) in [4.78, 5) is 27.9. The maximum atomic E-state index is 12.1.